The smallest absolute Gasteiger partial charge is 0.404 e. The van der Waals surface area contributed by atoms with Gasteiger partial charge in [-0.05, 0) is 84.7 Å². The fraction of sp³-hybridized carbons (Fsp3) is 0.400. The number of anilines is 1. The average molecular weight is 887 g/mol. The second-order valence-electron chi connectivity index (χ2n) is 19.1. The molecule has 3 amide bonds. The topological polar surface area (TPSA) is 136 Å². The number of carbonyl (C=O) groups excluding carboxylic acids is 2. The molecule has 0 radical (unpaired) electrons. The van der Waals surface area contributed by atoms with Crippen LogP contribution < -0.4 is 26.8 Å². The Morgan fingerprint density at radius 1 is 0.862 bits per heavy atom. The maximum absolute atomic E-state index is 14.8. The molecule has 338 valence electrons. The average Bonchev–Trinajstić information content (AvgIpc) is 3.81. The fourth-order valence-electron chi connectivity index (χ4n) is 11.2. The van der Waals surface area contributed by atoms with Gasteiger partial charge >= 0.3 is 19.3 Å². The largest absolute Gasteiger partial charge is 0.481 e. The highest BCUT2D eigenvalue weighted by atomic mass is 19.4. The first kappa shape index (κ1) is 44.3. The summed E-state index contributed by atoms with van der Waals surface area (Å²) >= 11 is 0. The molecule has 0 spiro atoms. The van der Waals surface area contributed by atoms with Crippen molar-refractivity contribution in [2.75, 3.05) is 5.32 Å². The van der Waals surface area contributed by atoms with E-state index >= 15 is 0 Å². The fourth-order valence-corrected chi connectivity index (χ4v) is 11.2. The molecule has 65 heavy (non-hydrogen) atoms. The Hall–Kier alpha value is -5.93. The molecule has 10 rings (SSSR count). The Balaban J connectivity index is 1.04. The van der Waals surface area contributed by atoms with Gasteiger partial charge in [0.15, 0.2) is 0 Å². The molecule has 5 aliphatic rings. The third-order valence-corrected chi connectivity index (χ3v) is 14.8. The van der Waals surface area contributed by atoms with Crippen LogP contribution in [-0.4, -0.2) is 46.3 Å². The van der Waals surface area contributed by atoms with Gasteiger partial charge in [-0.15, -0.1) is 0 Å². The van der Waals surface area contributed by atoms with Crippen LogP contribution in [0.2, 0.25) is 0 Å². The molecule has 1 aromatic heterocycles. The highest BCUT2D eigenvalue weighted by Gasteiger charge is 2.68. The summed E-state index contributed by atoms with van der Waals surface area (Å²) in [4.78, 5) is 48.9. The van der Waals surface area contributed by atoms with Crippen LogP contribution in [0.4, 0.5) is 23.7 Å². The van der Waals surface area contributed by atoms with Crippen LogP contribution >= 0.6 is 0 Å². The summed E-state index contributed by atoms with van der Waals surface area (Å²) in [5.41, 5.74) is -1.73. The molecule has 11 nitrogen and oxygen atoms in total. The molecule has 3 aliphatic carbocycles. The first-order chi connectivity index (χ1) is 31.0. The predicted octanol–water partition coefficient (Wildman–Crippen LogP) is 8.49. The molecule has 2 aliphatic heterocycles. The summed E-state index contributed by atoms with van der Waals surface area (Å²) in [5, 5.41) is 12.6. The summed E-state index contributed by atoms with van der Waals surface area (Å²) in [5.74, 6) is -0.0755. The van der Waals surface area contributed by atoms with Crippen molar-refractivity contribution in [3.8, 4) is 0 Å². The quantitative estimate of drug-likeness (QED) is 0.0730. The van der Waals surface area contributed by atoms with Crippen LogP contribution in [0.15, 0.2) is 126 Å². The molecule has 7 atom stereocenters. The van der Waals surface area contributed by atoms with E-state index < -0.39 is 65.0 Å². The lowest BCUT2D eigenvalue weighted by atomic mass is 9.43. The normalized spacial score (nSPS) is 25.7. The van der Waals surface area contributed by atoms with Crippen molar-refractivity contribution in [3.05, 3.63) is 165 Å². The minimum Gasteiger partial charge on any atom is -0.404 e. The zero-order valence-electron chi connectivity index (χ0n) is 37.1. The number of fused-ring (bicyclic) bond motifs is 1. The Labute approximate surface area is 377 Å². The van der Waals surface area contributed by atoms with E-state index in [0.717, 1.165) is 41.7 Å². The lowest BCUT2D eigenvalue weighted by molar-refractivity contribution is -0.199. The first-order valence-corrected chi connectivity index (χ1v) is 22.4. The zero-order chi connectivity index (χ0) is 45.9. The molecule has 4 fully saturated rings. The highest BCUT2D eigenvalue weighted by molar-refractivity contribution is 6.47. The van der Waals surface area contributed by atoms with Gasteiger partial charge in [-0.25, -0.2) is 9.78 Å². The number of rotatable bonds is 12. The van der Waals surface area contributed by atoms with Crippen molar-refractivity contribution < 1.29 is 32.1 Å². The van der Waals surface area contributed by atoms with Crippen molar-refractivity contribution in [2.45, 2.75) is 108 Å². The van der Waals surface area contributed by atoms with Crippen LogP contribution in [0.1, 0.15) is 100.0 Å². The molecular formula is C50H54BF3N6O5. The summed E-state index contributed by atoms with van der Waals surface area (Å²) < 4.78 is 55.3. The highest BCUT2D eigenvalue weighted by Crippen LogP contribution is 2.65. The first-order valence-electron chi connectivity index (χ1n) is 22.4. The molecular weight excluding hydrogens is 832 g/mol. The third kappa shape index (κ3) is 7.69. The number of carbonyl (C=O) groups is 2. The van der Waals surface area contributed by atoms with E-state index in [0.29, 0.717) is 23.8 Å². The number of aromatic nitrogens is 2. The number of hydrogen-bond donors (Lipinski definition) is 4. The van der Waals surface area contributed by atoms with Gasteiger partial charge in [0, 0.05) is 13.0 Å². The Bertz CT molecular complexity index is 2540. The maximum atomic E-state index is 14.8. The van der Waals surface area contributed by atoms with Gasteiger partial charge in [0.05, 0.1) is 34.9 Å². The van der Waals surface area contributed by atoms with Crippen LogP contribution in [0.5, 0.6) is 0 Å². The molecule has 0 unspecified atom stereocenters. The molecule has 5 aromatic rings. The number of nitrogens with one attached hydrogen (secondary N) is 4. The van der Waals surface area contributed by atoms with Crippen molar-refractivity contribution in [2.24, 2.45) is 17.3 Å². The van der Waals surface area contributed by atoms with Crippen molar-refractivity contribution in [1.29, 1.82) is 0 Å². The second kappa shape index (κ2) is 16.5. The summed E-state index contributed by atoms with van der Waals surface area (Å²) in [6.45, 7) is 10.2. The molecule has 4 N–H and O–H groups in total. The number of alkyl halides is 3. The number of urea groups is 1. The molecule has 15 heteroatoms. The van der Waals surface area contributed by atoms with Crippen molar-refractivity contribution in [1.82, 2.24) is 25.5 Å². The SMILES string of the molecule is CC[C@H](NC(=O)[C@@H]1C[C@@](C)(NC(=O)NC(c2ccccc2)(c2ccccc2)c2ccccc2)c2ncc(NCc3cccc(C(F)(F)F)c3)c(=O)n21)B1O[C@@H]2C[C@@H]3C[C@@H](C3(C)C)[C@]2(C)O1. The van der Waals surface area contributed by atoms with Gasteiger partial charge in [0.25, 0.3) is 5.56 Å². The maximum Gasteiger partial charge on any atom is 0.481 e. The van der Waals surface area contributed by atoms with Gasteiger partial charge < -0.3 is 30.6 Å². The molecule has 4 aromatic carbocycles. The number of nitrogens with zero attached hydrogens (tertiary/aromatic N) is 2. The second-order valence-corrected chi connectivity index (χ2v) is 19.1. The minimum absolute atomic E-state index is 0.0259. The zero-order valence-corrected chi connectivity index (χ0v) is 37.1. The van der Waals surface area contributed by atoms with Crippen LogP contribution in [0.25, 0.3) is 0 Å². The van der Waals surface area contributed by atoms with Gasteiger partial charge in [-0.1, -0.05) is 124 Å². The van der Waals surface area contributed by atoms with Gasteiger partial charge in [-0.2, -0.15) is 13.2 Å². The van der Waals surface area contributed by atoms with Crippen LogP contribution in [0.3, 0.4) is 0 Å². The molecule has 3 heterocycles. The van der Waals surface area contributed by atoms with Crippen molar-refractivity contribution >= 4 is 24.7 Å². The summed E-state index contributed by atoms with van der Waals surface area (Å²) in [6, 6.07) is 31.9. The van der Waals surface area contributed by atoms with Crippen molar-refractivity contribution in [3.63, 3.8) is 0 Å². The van der Waals surface area contributed by atoms with E-state index in [1.807, 2.05) is 97.9 Å². The number of benzene rings is 4. The number of hydrogen-bond acceptors (Lipinski definition) is 7. The lowest BCUT2D eigenvalue weighted by Crippen LogP contribution is -2.65. The summed E-state index contributed by atoms with van der Waals surface area (Å²) in [7, 11) is -0.720. The van der Waals surface area contributed by atoms with E-state index in [-0.39, 0.29) is 36.0 Å². The minimum atomic E-state index is -4.55. The van der Waals surface area contributed by atoms with Gasteiger partial charge in [0.2, 0.25) is 5.91 Å². The molecule has 3 saturated carbocycles. The summed E-state index contributed by atoms with van der Waals surface area (Å²) in [6.07, 6.45) is -0.995. The van der Waals surface area contributed by atoms with Crippen LogP contribution in [-0.2, 0) is 37.9 Å². The molecule has 1 saturated heterocycles. The third-order valence-electron chi connectivity index (χ3n) is 14.8. The monoisotopic (exact) mass is 886 g/mol. The van der Waals surface area contributed by atoms with Crippen LogP contribution in [0, 0.1) is 17.3 Å². The van der Waals surface area contributed by atoms with Gasteiger partial charge in [0.1, 0.15) is 23.1 Å². The lowest BCUT2D eigenvalue weighted by Gasteiger charge is -2.64. The van der Waals surface area contributed by atoms with E-state index in [1.54, 1.807) is 6.92 Å². The standard InChI is InChI=1S/C50H54BF3N6O5/c1-6-41(51-64-40-27-36-26-39(46(36,2)3)48(40,5)65-51)57-42(61)38-28-47(4,44-56-30-37(43(62)60(38)44)55-29-31-17-16-24-35(25-31)50(52,53)54)58-45(63)59-49(32-18-10-7-11-19-32,33-20-12-8-13-21-33)34-22-14-9-15-23-34/h7-25,30,36,38-41,55H,6,26-29H2,1-5H3,(H,57,61)(H2,58,59,63)/t36-,38-,39-,40+,41-,47+,48-/m0/s1. The predicted molar refractivity (Wildman–Crippen MR) is 241 cm³/mol. The number of amides is 3. The Morgan fingerprint density at radius 2 is 1.46 bits per heavy atom. The van der Waals surface area contributed by atoms with E-state index in [1.165, 1.54) is 22.9 Å². The molecule has 2 bridgehead atoms. The van der Waals surface area contributed by atoms with E-state index in [4.69, 9.17) is 14.3 Å². The Kier molecular flexibility index (Phi) is 11.2. The van der Waals surface area contributed by atoms with Gasteiger partial charge in [-0.3, -0.25) is 14.2 Å². The number of halogens is 3. The van der Waals surface area contributed by atoms with E-state index in [2.05, 4.69) is 42.0 Å². The Morgan fingerprint density at radius 3 is 2.03 bits per heavy atom. The van der Waals surface area contributed by atoms with E-state index in [9.17, 15) is 27.6 Å².